The van der Waals surface area contributed by atoms with E-state index in [4.69, 9.17) is 16.7 Å². The van der Waals surface area contributed by atoms with Crippen LogP contribution in [0, 0.1) is 5.82 Å². The Labute approximate surface area is 138 Å². The molecule has 0 aliphatic heterocycles. The van der Waals surface area contributed by atoms with Crippen LogP contribution in [0.25, 0.3) is 16.7 Å². The minimum absolute atomic E-state index is 0.000293. The van der Waals surface area contributed by atoms with E-state index in [0.717, 1.165) is 10.6 Å². The predicted molar refractivity (Wildman–Crippen MR) is 84.0 cm³/mol. The Kier molecular flexibility index (Phi) is 3.94. The summed E-state index contributed by atoms with van der Waals surface area (Å²) in [5.41, 5.74) is -0.861. The Morgan fingerprint density at radius 3 is 2.83 bits per heavy atom. The normalized spacial score (nSPS) is 12.3. The minimum atomic E-state index is -1.31. The second kappa shape index (κ2) is 5.93. The Hall–Kier alpha value is -2.94. The molecule has 0 saturated carbocycles. The lowest BCUT2D eigenvalue weighted by molar-refractivity contribution is 0.190. The lowest BCUT2D eigenvalue weighted by atomic mass is 10.2. The third kappa shape index (κ3) is 2.58. The molecule has 10 heteroatoms. The van der Waals surface area contributed by atoms with Crippen LogP contribution in [0.1, 0.15) is 18.8 Å². The van der Waals surface area contributed by atoms with Gasteiger partial charge in [0.15, 0.2) is 0 Å². The highest BCUT2D eigenvalue weighted by Gasteiger charge is 2.22. The summed E-state index contributed by atoms with van der Waals surface area (Å²) in [4.78, 5) is 27.9. The number of amides is 1. The maximum Gasteiger partial charge on any atom is 0.405 e. The fraction of sp³-hybridized carbons (Fsp3) is 0.143. The zero-order valence-corrected chi connectivity index (χ0v) is 13.0. The summed E-state index contributed by atoms with van der Waals surface area (Å²) in [5, 5.41) is 17.4. The van der Waals surface area contributed by atoms with Gasteiger partial charge in [-0.05, 0) is 19.1 Å². The number of H-pyrrole nitrogens is 1. The molecule has 1 unspecified atom stereocenters. The zero-order chi connectivity index (χ0) is 17.4. The van der Waals surface area contributed by atoms with Gasteiger partial charge in [-0.2, -0.15) is 5.10 Å². The van der Waals surface area contributed by atoms with E-state index in [1.54, 1.807) is 0 Å². The van der Waals surface area contributed by atoms with Gasteiger partial charge in [0.1, 0.15) is 23.0 Å². The smallest absolute Gasteiger partial charge is 0.405 e. The van der Waals surface area contributed by atoms with Crippen LogP contribution in [-0.2, 0) is 0 Å². The van der Waals surface area contributed by atoms with E-state index >= 15 is 0 Å². The SMILES string of the molecule is CC(NC(=O)O)c1nc2c(F)ccc(Cl)c2c(=O)n1-c1ccn[nH]1. The van der Waals surface area contributed by atoms with Crippen molar-refractivity contribution in [2.45, 2.75) is 13.0 Å². The highest BCUT2D eigenvalue weighted by atomic mass is 35.5. The summed E-state index contributed by atoms with van der Waals surface area (Å²) in [6, 6.07) is 2.97. The van der Waals surface area contributed by atoms with E-state index in [-0.39, 0.29) is 27.6 Å². The molecule has 1 amide bonds. The van der Waals surface area contributed by atoms with Crippen molar-refractivity contribution >= 4 is 28.6 Å². The molecule has 3 aromatic rings. The van der Waals surface area contributed by atoms with Crippen LogP contribution in [0.3, 0.4) is 0 Å². The highest BCUT2D eigenvalue weighted by Crippen LogP contribution is 2.24. The molecule has 0 saturated heterocycles. The molecule has 0 bridgehead atoms. The van der Waals surface area contributed by atoms with Crippen LogP contribution < -0.4 is 10.9 Å². The van der Waals surface area contributed by atoms with Gasteiger partial charge < -0.3 is 10.4 Å². The summed E-state index contributed by atoms with van der Waals surface area (Å²) in [5.74, 6) is -0.476. The van der Waals surface area contributed by atoms with E-state index in [1.165, 1.54) is 25.3 Å². The van der Waals surface area contributed by atoms with Crippen LogP contribution in [0.5, 0.6) is 0 Å². The van der Waals surface area contributed by atoms with Crippen molar-refractivity contribution in [2.24, 2.45) is 0 Å². The Morgan fingerprint density at radius 1 is 1.46 bits per heavy atom. The first kappa shape index (κ1) is 15.9. The molecule has 0 fully saturated rings. The number of halogens is 2. The second-order valence-electron chi connectivity index (χ2n) is 4.98. The highest BCUT2D eigenvalue weighted by molar-refractivity contribution is 6.35. The number of hydrogen-bond donors (Lipinski definition) is 3. The van der Waals surface area contributed by atoms with Gasteiger partial charge in [-0.3, -0.25) is 9.89 Å². The summed E-state index contributed by atoms with van der Waals surface area (Å²) in [6.07, 6.45) is 0.109. The molecule has 124 valence electrons. The van der Waals surface area contributed by atoms with Crippen molar-refractivity contribution in [3.8, 4) is 5.82 Å². The number of carboxylic acid groups (broad SMARTS) is 1. The van der Waals surface area contributed by atoms with Gasteiger partial charge in [0.25, 0.3) is 5.56 Å². The van der Waals surface area contributed by atoms with Crippen molar-refractivity contribution in [3.63, 3.8) is 0 Å². The maximum atomic E-state index is 14.1. The number of nitrogens with one attached hydrogen (secondary N) is 2. The molecule has 3 rings (SSSR count). The van der Waals surface area contributed by atoms with Crippen molar-refractivity contribution < 1.29 is 14.3 Å². The molecular weight excluding hydrogens is 341 g/mol. The van der Waals surface area contributed by atoms with E-state index < -0.39 is 23.5 Å². The van der Waals surface area contributed by atoms with Crippen LogP contribution in [0.4, 0.5) is 9.18 Å². The number of aromatic nitrogens is 4. The summed E-state index contributed by atoms with van der Waals surface area (Å²) in [7, 11) is 0. The first-order valence-corrected chi connectivity index (χ1v) is 7.18. The van der Waals surface area contributed by atoms with Gasteiger partial charge in [-0.25, -0.2) is 18.7 Å². The largest absolute Gasteiger partial charge is 0.465 e. The number of fused-ring (bicyclic) bond motifs is 1. The molecule has 2 heterocycles. The van der Waals surface area contributed by atoms with Gasteiger partial charge in [0.2, 0.25) is 0 Å². The molecule has 1 atom stereocenters. The Bertz CT molecular complexity index is 986. The molecule has 0 spiro atoms. The van der Waals surface area contributed by atoms with Gasteiger partial charge >= 0.3 is 6.09 Å². The van der Waals surface area contributed by atoms with E-state index in [9.17, 15) is 14.0 Å². The minimum Gasteiger partial charge on any atom is -0.465 e. The molecule has 0 aliphatic rings. The third-order valence-corrected chi connectivity index (χ3v) is 3.72. The summed E-state index contributed by atoms with van der Waals surface area (Å²) >= 11 is 6.03. The molecule has 8 nitrogen and oxygen atoms in total. The predicted octanol–water partition coefficient (Wildman–Crippen LogP) is 2.23. The lowest BCUT2D eigenvalue weighted by Gasteiger charge is -2.17. The van der Waals surface area contributed by atoms with Crippen molar-refractivity contribution in [1.29, 1.82) is 0 Å². The third-order valence-electron chi connectivity index (χ3n) is 3.40. The molecular formula is C14H11ClFN5O3. The molecule has 3 N–H and O–H groups in total. The number of carbonyl (C=O) groups is 1. The van der Waals surface area contributed by atoms with Crippen molar-refractivity contribution in [2.75, 3.05) is 0 Å². The second-order valence-corrected chi connectivity index (χ2v) is 5.38. The van der Waals surface area contributed by atoms with Gasteiger partial charge in [0.05, 0.1) is 22.6 Å². The summed E-state index contributed by atoms with van der Waals surface area (Å²) < 4.78 is 15.2. The molecule has 0 radical (unpaired) electrons. The standard InChI is InChI=1S/C14H11ClFN5O3/c1-6(18-14(23)24)12-19-11-8(16)3-2-7(15)10(11)13(22)21(12)9-4-5-17-20-9/h2-6,18H,1H3,(H,17,20)(H,23,24). The molecule has 1 aromatic carbocycles. The maximum absolute atomic E-state index is 14.1. The number of benzene rings is 1. The average molecular weight is 352 g/mol. The number of hydrogen-bond acceptors (Lipinski definition) is 4. The Balaban J connectivity index is 2.40. The van der Waals surface area contributed by atoms with Gasteiger partial charge in [0, 0.05) is 6.07 Å². The lowest BCUT2D eigenvalue weighted by Crippen LogP contribution is -2.32. The van der Waals surface area contributed by atoms with E-state index in [0.29, 0.717) is 0 Å². The monoisotopic (exact) mass is 351 g/mol. The first-order chi connectivity index (χ1) is 11.4. The zero-order valence-electron chi connectivity index (χ0n) is 12.2. The number of rotatable bonds is 3. The van der Waals surface area contributed by atoms with Gasteiger partial charge in [-0.15, -0.1) is 0 Å². The van der Waals surface area contributed by atoms with Crippen molar-refractivity contribution in [1.82, 2.24) is 25.1 Å². The Morgan fingerprint density at radius 2 is 2.21 bits per heavy atom. The molecule has 0 aliphatic carbocycles. The van der Waals surface area contributed by atoms with Crippen LogP contribution in [0.15, 0.2) is 29.2 Å². The average Bonchev–Trinajstić information content (AvgIpc) is 3.03. The van der Waals surface area contributed by atoms with Gasteiger partial charge in [-0.1, -0.05) is 11.6 Å². The number of nitrogens with zero attached hydrogens (tertiary/aromatic N) is 3. The van der Waals surface area contributed by atoms with Crippen molar-refractivity contribution in [3.05, 3.63) is 51.4 Å². The van der Waals surface area contributed by atoms with Crippen LogP contribution in [-0.4, -0.2) is 30.9 Å². The van der Waals surface area contributed by atoms with Crippen LogP contribution >= 0.6 is 11.6 Å². The quantitative estimate of drug-likeness (QED) is 0.669. The molecule has 24 heavy (non-hydrogen) atoms. The summed E-state index contributed by atoms with van der Waals surface area (Å²) in [6.45, 7) is 1.48. The van der Waals surface area contributed by atoms with E-state index in [1.807, 2.05) is 0 Å². The fourth-order valence-electron chi connectivity index (χ4n) is 2.38. The molecule has 2 aromatic heterocycles. The first-order valence-electron chi connectivity index (χ1n) is 6.80. The van der Waals surface area contributed by atoms with E-state index in [2.05, 4.69) is 20.5 Å². The van der Waals surface area contributed by atoms with Crippen LogP contribution in [0.2, 0.25) is 5.02 Å². The topological polar surface area (TPSA) is 113 Å². The fourth-order valence-corrected chi connectivity index (χ4v) is 2.61. The number of aromatic amines is 1.